The van der Waals surface area contributed by atoms with Crippen molar-refractivity contribution in [3.05, 3.63) is 34.4 Å². The zero-order chi connectivity index (χ0) is 12.8. The first kappa shape index (κ1) is 12.5. The van der Waals surface area contributed by atoms with Gasteiger partial charge in [0, 0.05) is 24.2 Å². The van der Waals surface area contributed by atoms with Gasteiger partial charge in [0.05, 0.1) is 4.92 Å². The Morgan fingerprint density at radius 3 is 2.53 bits per heavy atom. The predicted molar refractivity (Wildman–Crippen MR) is 63.2 cm³/mol. The number of terminal acetylenes is 1. The van der Waals surface area contributed by atoms with Gasteiger partial charge < -0.3 is 11.1 Å². The molecule has 0 aliphatic carbocycles. The Balaban J connectivity index is 2.77. The molecule has 0 radical (unpaired) electrons. The summed E-state index contributed by atoms with van der Waals surface area (Å²) in [5, 5.41) is 13.2. The second-order valence-corrected chi connectivity index (χ2v) is 3.31. The fourth-order valence-corrected chi connectivity index (χ4v) is 1.22. The number of carbonyl (C=O) groups is 1. The van der Waals surface area contributed by atoms with Gasteiger partial charge in [-0.1, -0.05) is 0 Å². The van der Waals surface area contributed by atoms with Gasteiger partial charge in [0.1, 0.15) is 6.04 Å². The van der Waals surface area contributed by atoms with Crippen LogP contribution in [0, 0.1) is 22.5 Å². The van der Waals surface area contributed by atoms with E-state index in [-0.39, 0.29) is 12.1 Å². The van der Waals surface area contributed by atoms with E-state index in [1.807, 2.05) is 0 Å². The number of nitro groups is 1. The third-order valence-electron chi connectivity index (χ3n) is 2.08. The van der Waals surface area contributed by atoms with Gasteiger partial charge in [-0.15, -0.1) is 12.3 Å². The van der Waals surface area contributed by atoms with Gasteiger partial charge in [-0.05, 0) is 12.1 Å². The van der Waals surface area contributed by atoms with E-state index in [2.05, 4.69) is 11.2 Å². The largest absolute Gasteiger partial charge is 0.373 e. The lowest BCUT2D eigenvalue weighted by molar-refractivity contribution is -0.384. The standard InChI is InChI=1S/C11H11N3O3/c1-2-3-10(11(12)15)13-8-4-6-9(7-5-8)14(16)17/h1,4-7,10,13H,3H2,(H2,12,15). The third-order valence-corrected chi connectivity index (χ3v) is 2.08. The highest BCUT2D eigenvalue weighted by Crippen LogP contribution is 2.16. The van der Waals surface area contributed by atoms with Crippen molar-refractivity contribution in [1.82, 2.24) is 0 Å². The summed E-state index contributed by atoms with van der Waals surface area (Å²) in [6, 6.07) is 4.96. The zero-order valence-electron chi connectivity index (χ0n) is 8.92. The molecule has 0 saturated carbocycles. The average Bonchev–Trinajstić information content (AvgIpc) is 2.29. The molecule has 0 aliphatic heterocycles. The number of hydrogen-bond acceptors (Lipinski definition) is 4. The molecule has 0 spiro atoms. The molecule has 6 nitrogen and oxygen atoms in total. The van der Waals surface area contributed by atoms with Crippen molar-refractivity contribution in [3.63, 3.8) is 0 Å². The van der Waals surface area contributed by atoms with Crippen LogP contribution in [-0.2, 0) is 4.79 Å². The molecule has 0 heterocycles. The van der Waals surface area contributed by atoms with Crippen LogP contribution in [0.1, 0.15) is 6.42 Å². The number of non-ortho nitro benzene ring substituents is 1. The van der Waals surface area contributed by atoms with Gasteiger partial charge in [0.25, 0.3) is 5.69 Å². The molecule has 0 bridgehead atoms. The normalized spacial score (nSPS) is 11.2. The maximum atomic E-state index is 11.0. The van der Waals surface area contributed by atoms with Gasteiger partial charge in [0.2, 0.25) is 5.91 Å². The maximum absolute atomic E-state index is 11.0. The molecule has 6 heteroatoms. The molecule has 0 aliphatic rings. The first-order chi connectivity index (χ1) is 8.04. The van der Waals surface area contributed by atoms with Crippen LogP contribution >= 0.6 is 0 Å². The second-order valence-electron chi connectivity index (χ2n) is 3.31. The SMILES string of the molecule is C#CCC(Nc1ccc([N+](=O)[O-])cc1)C(N)=O. The van der Waals surface area contributed by atoms with Crippen LogP contribution < -0.4 is 11.1 Å². The second kappa shape index (κ2) is 5.51. The van der Waals surface area contributed by atoms with E-state index < -0.39 is 16.9 Å². The first-order valence-corrected chi connectivity index (χ1v) is 4.78. The minimum Gasteiger partial charge on any atom is -0.373 e. The van der Waals surface area contributed by atoms with Crippen LogP contribution in [0.2, 0.25) is 0 Å². The van der Waals surface area contributed by atoms with Gasteiger partial charge >= 0.3 is 0 Å². The van der Waals surface area contributed by atoms with E-state index >= 15 is 0 Å². The van der Waals surface area contributed by atoms with Crippen LogP contribution in [0.15, 0.2) is 24.3 Å². The Morgan fingerprint density at radius 2 is 2.12 bits per heavy atom. The van der Waals surface area contributed by atoms with Gasteiger partial charge in [0.15, 0.2) is 0 Å². The van der Waals surface area contributed by atoms with Gasteiger partial charge in [-0.25, -0.2) is 0 Å². The van der Waals surface area contributed by atoms with E-state index in [1.54, 1.807) is 0 Å². The number of anilines is 1. The number of rotatable bonds is 5. The van der Waals surface area contributed by atoms with Crippen LogP contribution in [0.25, 0.3) is 0 Å². The quantitative estimate of drug-likeness (QED) is 0.448. The molecule has 0 aromatic heterocycles. The number of benzene rings is 1. The van der Waals surface area contributed by atoms with Gasteiger partial charge in [-0.3, -0.25) is 14.9 Å². The number of hydrogen-bond donors (Lipinski definition) is 2. The van der Waals surface area contributed by atoms with Crippen molar-refractivity contribution in [2.45, 2.75) is 12.5 Å². The summed E-state index contributed by atoms with van der Waals surface area (Å²) < 4.78 is 0. The highest BCUT2D eigenvalue weighted by molar-refractivity contribution is 5.83. The highest BCUT2D eigenvalue weighted by atomic mass is 16.6. The molecule has 88 valence electrons. The van der Waals surface area contributed by atoms with Crippen molar-refractivity contribution in [1.29, 1.82) is 0 Å². The maximum Gasteiger partial charge on any atom is 0.269 e. The Bertz CT molecular complexity index is 462. The molecule has 1 atom stereocenters. The van der Waals surface area contributed by atoms with E-state index in [4.69, 9.17) is 12.2 Å². The summed E-state index contributed by atoms with van der Waals surface area (Å²) in [5.74, 6) is 1.76. The summed E-state index contributed by atoms with van der Waals surface area (Å²) in [6.45, 7) is 0. The Kier molecular flexibility index (Phi) is 4.06. The number of amides is 1. The molecule has 0 saturated heterocycles. The van der Waals surface area contributed by atoms with Crippen LogP contribution in [-0.4, -0.2) is 16.9 Å². The van der Waals surface area contributed by atoms with Crippen molar-refractivity contribution >= 4 is 17.3 Å². The summed E-state index contributed by atoms with van der Waals surface area (Å²) in [6.07, 6.45) is 5.26. The summed E-state index contributed by atoms with van der Waals surface area (Å²) in [5.41, 5.74) is 5.67. The lowest BCUT2D eigenvalue weighted by Crippen LogP contribution is -2.35. The fourth-order valence-electron chi connectivity index (χ4n) is 1.22. The molecule has 1 rings (SSSR count). The number of primary amides is 1. The number of nitrogens with zero attached hydrogens (tertiary/aromatic N) is 1. The van der Waals surface area contributed by atoms with E-state index in [9.17, 15) is 14.9 Å². The lowest BCUT2D eigenvalue weighted by atomic mass is 10.2. The molecule has 1 aromatic rings. The van der Waals surface area contributed by atoms with E-state index in [0.717, 1.165) is 0 Å². The Hall–Kier alpha value is -2.55. The summed E-state index contributed by atoms with van der Waals surface area (Å²) in [7, 11) is 0. The molecule has 1 amide bonds. The number of nitro benzene ring substituents is 1. The summed E-state index contributed by atoms with van der Waals surface area (Å²) in [4.78, 5) is 21.0. The van der Waals surface area contributed by atoms with Gasteiger partial charge in [-0.2, -0.15) is 0 Å². The minimum absolute atomic E-state index is 0.0249. The monoisotopic (exact) mass is 233 g/mol. The van der Waals surface area contributed by atoms with Crippen molar-refractivity contribution in [2.75, 3.05) is 5.32 Å². The van der Waals surface area contributed by atoms with Crippen molar-refractivity contribution < 1.29 is 9.72 Å². The fraction of sp³-hybridized carbons (Fsp3) is 0.182. The topological polar surface area (TPSA) is 98.3 Å². The molecule has 0 fully saturated rings. The Labute approximate surface area is 98.0 Å². The van der Waals surface area contributed by atoms with Crippen LogP contribution in [0.3, 0.4) is 0 Å². The first-order valence-electron chi connectivity index (χ1n) is 4.78. The third kappa shape index (κ3) is 3.50. The van der Waals surface area contributed by atoms with E-state index in [1.165, 1.54) is 24.3 Å². The number of nitrogens with two attached hydrogens (primary N) is 1. The summed E-state index contributed by atoms with van der Waals surface area (Å²) >= 11 is 0. The zero-order valence-corrected chi connectivity index (χ0v) is 8.92. The lowest BCUT2D eigenvalue weighted by Gasteiger charge is -2.13. The number of nitrogens with one attached hydrogen (secondary N) is 1. The molecule has 17 heavy (non-hydrogen) atoms. The van der Waals surface area contributed by atoms with Crippen LogP contribution in [0.5, 0.6) is 0 Å². The Morgan fingerprint density at radius 1 is 1.53 bits per heavy atom. The van der Waals surface area contributed by atoms with E-state index in [0.29, 0.717) is 5.69 Å². The highest BCUT2D eigenvalue weighted by Gasteiger charge is 2.14. The molecular weight excluding hydrogens is 222 g/mol. The smallest absolute Gasteiger partial charge is 0.269 e. The molecule has 3 N–H and O–H groups in total. The number of carbonyl (C=O) groups excluding carboxylic acids is 1. The molecule has 1 aromatic carbocycles. The van der Waals surface area contributed by atoms with Crippen molar-refractivity contribution in [3.8, 4) is 12.3 Å². The van der Waals surface area contributed by atoms with Crippen LogP contribution in [0.4, 0.5) is 11.4 Å². The predicted octanol–water partition coefficient (Wildman–Crippen LogP) is 0.884. The molecule has 1 unspecified atom stereocenters. The average molecular weight is 233 g/mol. The minimum atomic E-state index is -0.679. The van der Waals surface area contributed by atoms with Crippen molar-refractivity contribution in [2.24, 2.45) is 5.73 Å². The molecular formula is C11H11N3O3.